The molecule has 0 spiro atoms. The van der Waals surface area contributed by atoms with E-state index in [0.29, 0.717) is 25.6 Å². The van der Waals surface area contributed by atoms with Gasteiger partial charge in [-0.2, -0.15) is 0 Å². The van der Waals surface area contributed by atoms with Gasteiger partial charge in [0.05, 0.1) is 30.9 Å². The highest BCUT2D eigenvalue weighted by molar-refractivity contribution is 5.77. The first-order chi connectivity index (χ1) is 9.56. The summed E-state index contributed by atoms with van der Waals surface area (Å²) in [5.41, 5.74) is 7.30. The molecule has 20 heavy (non-hydrogen) atoms. The summed E-state index contributed by atoms with van der Waals surface area (Å²) in [5.74, 6) is 0.144. The lowest BCUT2D eigenvalue weighted by Crippen LogP contribution is -2.50. The number of imidazole rings is 1. The van der Waals surface area contributed by atoms with Gasteiger partial charge in [0.1, 0.15) is 0 Å². The number of ether oxygens (including phenoxy) is 1. The number of carbonyl (C=O) groups excluding carboxylic acids is 1. The Morgan fingerprint density at radius 3 is 2.95 bits per heavy atom. The first kappa shape index (κ1) is 15.0. The first-order valence-corrected chi connectivity index (χ1v) is 7.12. The molecule has 2 N–H and O–H groups in total. The van der Waals surface area contributed by atoms with Crippen LogP contribution in [-0.2, 0) is 9.53 Å². The summed E-state index contributed by atoms with van der Waals surface area (Å²) < 4.78 is 7.20. The van der Waals surface area contributed by atoms with Gasteiger partial charge < -0.3 is 19.9 Å². The van der Waals surface area contributed by atoms with Crippen LogP contribution in [-0.4, -0.2) is 46.7 Å². The zero-order chi connectivity index (χ0) is 14.7. The van der Waals surface area contributed by atoms with Crippen molar-refractivity contribution in [2.24, 2.45) is 5.73 Å². The molecule has 1 aromatic rings. The van der Waals surface area contributed by atoms with Crippen LogP contribution in [0, 0.1) is 0 Å². The zero-order valence-electron chi connectivity index (χ0n) is 12.5. The average molecular weight is 280 g/mol. The van der Waals surface area contributed by atoms with Gasteiger partial charge >= 0.3 is 0 Å². The number of nitrogens with zero attached hydrogens (tertiary/aromatic N) is 3. The highest BCUT2D eigenvalue weighted by Gasteiger charge is 2.36. The van der Waals surface area contributed by atoms with Crippen LogP contribution in [0.4, 0.5) is 0 Å². The minimum Gasteiger partial charge on any atom is -0.383 e. The van der Waals surface area contributed by atoms with E-state index in [1.807, 2.05) is 11.1 Å². The van der Waals surface area contributed by atoms with Crippen LogP contribution in [0.1, 0.15) is 44.5 Å². The van der Waals surface area contributed by atoms with Crippen molar-refractivity contribution in [1.29, 1.82) is 0 Å². The van der Waals surface area contributed by atoms with Crippen molar-refractivity contribution in [2.75, 3.05) is 20.3 Å². The number of methoxy groups -OCH3 is 1. The lowest BCUT2D eigenvalue weighted by atomic mass is 9.93. The normalized spacial score (nSPS) is 23.6. The van der Waals surface area contributed by atoms with Crippen molar-refractivity contribution in [3.63, 3.8) is 0 Å². The van der Waals surface area contributed by atoms with Crippen molar-refractivity contribution < 1.29 is 9.53 Å². The Kier molecular flexibility index (Phi) is 4.77. The Balaban J connectivity index is 2.32. The van der Waals surface area contributed by atoms with Crippen molar-refractivity contribution in [1.82, 2.24) is 14.5 Å². The van der Waals surface area contributed by atoms with Crippen LogP contribution in [0.3, 0.4) is 0 Å². The van der Waals surface area contributed by atoms with Gasteiger partial charge in [-0.3, -0.25) is 4.79 Å². The second-order valence-corrected chi connectivity index (χ2v) is 5.55. The lowest BCUT2D eigenvalue weighted by Gasteiger charge is -2.40. The molecule has 0 bridgehead atoms. The monoisotopic (exact) mass is 280 g/mol. The van der Waals surface area contributed by atoms with Crippen LogP contribution < -0.4 is 5.73 Å². The molecule has 6 nitrogen and oxygen atoms in total. The Labute approximate surface area is 119 Å². The molecule has 0 saturated carbocycles. The minimum absolute atomic E-state index is 0.0567. The van der Waals surface area contributed by atoms with E-state index in [1.54, 1.807) is 13.4 Å². The molecule has 2 heterocycles. The standard InChI is InChI=1S/C14H24N4O2/c1-10(2)18-9-16-8-12(18)14-11(15)4-5-13(19)17(14)6-7-20-3/h8-11,14H,4-7,15H2,1-3H3. The van der Waals surface area contributed by atoms with Crippen molar-refractivity contribution in [3.8, 4) is 0 Å². The second kappa shape index (κ2) is 6.37. The van der Waals surface area contributed by atoms with Gasteiger partial charge in [-0.05, 0) is 20.3 Å². The van der Waals surface area contributed by atoms with E-state index in [1.165, 1.54) is 0 Å². The smallest absolute Gasteiger partial charge is 0.223 e. The molecule has 1 amide bonds. The number of hydrogen-bond acceptors (Lipinski definition) is 4. The minimum atomic E-state index is -0.115. The van der Waals surface area contributed by atoms with Crippen LogP contribution in [0.15, 0.2) is 12.5 Å². The number of likely N-dealkylation sites (tertiary alicyclic amines) is 1. The molecule has 2 atom stereocenters. The van der Waals surface area contributed by atoms with Gasteiger partial charge in [-0.15, -0.1) is 0 Å². The molecular weight excluding hydrogens is 256 g/mol. The fourth-order valence-electron chi connectivity index (χ4n) is 2.79. The van der Waals surface area contributed by atoms with E-state index in [-0.39, 0.29) is 18.0 Å². The number of piperidine rings is 1. The van der Waals surface area contributed by atoms with E-state index < -0.39 is 0 Å². The highest BCUT2D eigenvalue weighted by atomic mass is 16.5. The predicted molar refractivity (Wildman–Crippen MR) is 76.2 cm³/mol. The first-order valence-electron chi connectivity index (χ1n) is 7.12. The Morgan fingerprint density at radius 2 is 2.30 bits per heavy atom. The van der Waals surface area contributed by atoms with Crippen LogP contribution in [0.25, 0.3) is 0 Å². The number of carbonyl (C=O) groups is 1. The summed E-state index contributed by atoms with van der Waals surface area (Å²) in [6, 6.07) is 0.121. The molecule has 6 heteroatoms. The van der Waals surface area contributed by atoms with E-state index in [0.717, 1.165) is 12.1 Å². The number of rotatable bonds is 5. The highest BCUT2D eigenvalue weighted by Crippen LogP contribution is 2.31. The van der Waals surface area contributed by atoms with Gasteiger partial charge in [-0.1, -0.05) is 0 Å². The maximum Gasteiger partial charge on any atom is 0.223 e. The molecule has 1 saturated heterocycles. The van der Waals surface area contributed by atoms with Gasteiger partial charge in [0.25, 0.3) is 0 Å². The molecule has 0 radical (unpaired) electrons. The maximum atomic E-state index is 12.2. The molecule has 1 aliphatic heterocycles. The third-order valence-electron chi connectivity index (χ3n) is 3.84. The van der Waals surface area contributed by atoms with Gasteiger partial charge in [0.15, 0.2) is 0 Å². The summed E-state index contributed by atoms with van der Waals surface area (Å²) in [7, 11) is 1.64. The quantitative estimate of drug-likeness (QED) is 0.876. The van der Waals surface area contributed by atoms with E-state index in [2.05, 4.69) is 23.4 Å². The van der Waals surface area contributed by atoms with Crippen molar-refractivity contribution >= 4 is 5.91 Å². The van der Waals surface area contributed by atoms with E-state index >= 15 is 0 Å². The summed E-state index contributed by atoms with van der Waals surface area (Å²) in [4.78, 5) is 18.3. The fraction of sp³-hybridized carbons (Fsp3) is 0.714. The van der Waals surface area contributed by atoms with Crippen LogP contribution in [0.5, 0.6) is 0 Å². The summed E-state index contributed by atoms with van der Waals surface area (Å²) in [5, 5.41) is 0. The second-order valence-electron chi connectivity index (χ2n) is 5.55. The largest absolute Gasteiger partial charge is 0.383 e. The molecule has 1 fully saturated rings. The molecule has 2 unspecified atom stereocenters. The SMILES string of the molecule is COCCN1C(=O)CCC(N)C1c1cncn1C(C)C. The van der Waals surface area contributed by atoms with E-state index in [4.69, 9.17) is 10.5 Å². The van der Waals surface area contributed by atoms with Crippen LogP contribution >= 0.6 is 0 Å². The van der Waals surface area contributed by atoms with Gasteiger partial charge in [-0.25, -0.2) is 4.98 Å². The Bertz CT molecular complexity index is 458. The molecule has 1 aliphatic rings. The molecule has 112 valence electrons. The molecule has 1 aromatic heterocycles. The van der Waals surface area contributed by atoms with Crippen molar-refractivity contribution in [2.45, 2.75) is 44.8 Å². The Hall–Kier alpha value is -1.40. The molecular formula is C14H24N4O2. The number of hydrogen-bond donors (Lipinski definition) is 1. The number of amides is 1. The molecule has 2 rings (SSSR count). The molecule has 0 aliphatic carbocycles. The summed E-state index contributed by atoms with van der Waals surface area (Å²) in [6.07, 6.45) is 4.86. The third kappa shape index (κ3) is 2.86. The Morgan fingerprint density at radius 1 is 1.55 bits per heavy atom. The van der Waals surface area contributed by atoms with E-state index in [9.17, 15) is 4.79 Å². The van der Waals surface area contributed by atoms with Gasteiger partial charge in [0, 0.05) is 32.2 Å². The van der Waals surface area contributed by atoms with Crippen LogP contribution in [0.2, 0.25) is 0 Å². The maximum absolute atomic E-state index is 12.2. The number of nitrogens with two attached hydrogens (primary N) is 1. The van der Waals surface area contributed by atoms with Crippen molar-refractivity contribution in [3.05, 3.63) is 18.2 Å². The zero-order valence-corrected chi connectivity index (χ0v) is 12.5. The summed E-state index contributed by atoms with van der Waals surface area (Å²) >= 11 is 0. The fourth-order valence-corrected chi connectivity index (χ4v) is 2.79. The third-order valence-corrected chi connectivity index (χ3v) is 3.84. The lowest BCUT2D eigenvalue weighted by molar-refractivity contribution is -0.138. The average Bonchev–Trinajstić information content (AvgIpc) is 2.88. The topological polar surface area (TPSA) is 73.4 Å². The van der Waals surface area contributed by atoms with Gasteiger partial charge in [0.2, 0.25) is 5.91 Å². The number of aromatic nitrogens is 2. The molecule has 0 aromatic carbocycles. The summed E-state index contributed by atoms with van der Waals surface area (Å²) in [6.45, 7) is 5.28. The predicted octanol–water partition coefficient (Wildman–Crippen LogP) is 1.10.